The van der Waals surface area contributed by atoms with Crippen molar-refractivity contribution < 1.29 is 0 Å². The van der Waals surface area contributed by atoms with Crippen molar-refractivity contribution >= 4 is 22.6 Å². The van der Waals surface area contributed by atoms with Crippen LogP contribution in [0.25, 0.3) is 0 Å². The highest BCUT2D eigenvalue weighted by atomic mass is 127. The van der Waals surface area contributed by atoms with Crippen molar-refractivity contribution in [3.8, 4) is 0 Å². The fourth-order valence-corrected chi connectivity index (χ4v) is 5.98. The number of alkyl halides is 1. The third kappa shape index (κ3) is 3.04. The Morgan fingerprint density at radius 1 is 1.06 bits per heavy atom. The van der Waals surface area contributed by atoms with E-state index in [1.807, 2.05) is 0 Å². The van der Waals surface area contributed by atoms with Crippen molar-refractivity contribution in [3.05, 3.63) is 0 Å². The van der Waals surface area contributed by atoms with E-state index in [1.54, 1.807) is 0 Å². The SMILES string of the molecule is CN1CCC(CN2CCC3(CC2)CC(I)C3)CC1. The van der Waals surface area contributed by atoms with Gasteiger partial charge in [0.25, 0.3) is 0 Å². The monoisotopic (exact) mass is 362 g/mol. The van der Waals surface area contributed by atoms with Gasteiger partial charge in [0.15, 0.2) is 0 Å². The molecule has 2 nitrogen and oxygen atoms in total. The van der Waals surface area contributed by atoms with E-state index < -0.39 is 0 Å². The van der Waals surface area contributed by atoms with Gasteiger partial charge in [-0.05, 0) is 83.1 Å². The molecule has 0 radical (unpaired) electrons. The van der Waals surface area contributed by atoms with Gasteiger partial charge >= 0.3 is 0 Å². The molecule has 0 aromatic heterocycles. The Hall–Kier alpha value is 0.650. The number of hydrogen-bond acceptors (Lipinski definition) is 2. The highest BCUT2D eigenvalue weighted by Crippen LogP contribution is 2.52. The second-order valence-corrected chi connectivity index (χ2v) is 8.81. The van der Waals surface area contributed by atoms with Gasteiger partial charge in [-0.15, -0.1) is 0 Å². The minimum Gasteiger partial charge on any atom is -0.306 e. The molecular formula is C15H27IN2. The Bertz CT molecular complexity index is 270. The Balaban J connectivity index is 1.40. The number of likely N-dealkylation sites (tertiary alicyclic amines) is 2. The van der Waals surface area contributed by atoms with E-state index in [0.717, 1.165) is 15.3 Å². The highest BCUT2D eigenvalue weighted by molar-refractivity contribution is 14.1. The molecule has 3 rings (SSSR count). The first-order chi connectivity index (χ1) is 8.65. The average Bonchev–Trinajstić information content (AvgIpc) is 2.33. The smallest absolute Gasteiger partial charge is 0.0120 e. The van der Waals surface area contributed by atoms with Gasteiger partial charge in [0.2, 0.25) is 0 Å². The minimum absolute atomic E-state index is 0.787. The topological polar surface area (TPSA) is 6.48 Å². The van der Waals surface area contributed by atoms with Crippen molar-refractivity contribution in [1.82, 2.24) is 9.80 Å². The molecule has 0 aromatic rings. The van der Waals surface area contributed by atoms with E-state index in [4.69, 9.17) is 0 Å². The van der Waals surface area contributed by atoms with Crippen molar-refractivity contribution in [1.29, 1.82) is 0 Å². The standard InChI is InChI=1S/C15H27IN2/c1-17-6-2-13(3-7-17)12-18-8-4-15(5-9-18)10-14(16)11-15/h13-14H,2-12H2,1H3. The Kier molecular flexibility index (Phi) is 4.21. The van der Waals surface area contributed by atoms with Crippen LogP contribution in [0.1, 0.15) is 38.5 Å². The molecule has 1 aliphatic carbocycles. The summed E-state index contributed by atoms with van der Waals surface area (Å²) in [7, 11) is 2.26. The third-order valence-electron chi connectivity index (χ3n) is 5.58. The molecule has 0 aromatic carbocycles. The Labute approximate surface area is 126 Å². The first-order valence-electron chi connectivity index (χ1n) is 7.70. The number of nitrogens with zero attached hydrogens (tertiary/aromatic N) is 2. The molecule has 0 unspecified atom stereocenters. The molecule has 0 atom stereocenters. The molecule has 2 saturated heterocycles. The lowest BCUT2D eigenvalue weighted by molar-refractivity contribution is 0.0313. The van der Waals surface area contributed by atoms with E-state index in [1.165, 1.54) is 71.2 Å². The quantitative estimate of drug-likeness (QED) is 0.551. The Morgan fingerprint density at radius 3 is 2.22 bits per heavy atom. The maximum Gasteiger partial charge on any atom is 0.0120 e. The lowest BCUT2D eigenvalue weighted by atomic mass is 9.63. The minimum atomic E-state index is 0.787. The average molecular weight is 362 g/mol. The maximum atomic E-state index is 2.77. The molecule has 2 aliphatic heterocycles. The number of hydrogen-bond donors (Lipinski definition) is 0. The van der Waals surface area contributed by atoms with E-state index >= 15 is 0 Å². The summed E-state index contributed by atoms with van der Waals surface area (Å²) >= 11 is 2.64. The Morgan fingerprint density at radius 2 is 1.67 bits per heavy atom. The molecule has 3 heteroatoms. The van der Waals surface area contributed by atoms with E-state index in [-0.39, 0.29) is 0 Å². The molecule has 1 saturated carbocycles. The second-order valence-electron chi connectivity index (χ2n) is 7.05. The highest BCUT2D eigenvalue weighted by Gasteiger charge is 2.44. The second kappa shape index (κ2) is 5.57. The summed E-state index contributed by atoms with van der Waals surface area (Å²) in [6, 6.07) is 0. The summed E-state index contributed by atoms with van der Waals surface area (Å²) < 4.78 is 0.989. The molecule has 0 N–H and O–H groups in total. The van der Waals surface area contributed by atoms with Gasteiger partial charge in [-0.2, -0.15) is 0 Å². The summed E-state index contributed by atoms with van der Waals surface area (Å²) in [5.74, 6) is 0.981. The summed E-state index contributed by atoms with van der Waals surface area (Å²) in [5.41, 5.74) is 0.787. The molecular weight excluding hydrogens is 335 g/mol. The lowest BCUT2D eigenvalue weighted by Crippen LogP contribution is -2.49. The van der Waals surface area contributed by atoms with Crippen LogP contribution in [-0.2, 0) is 0 Å². The van der Waals surface area contributed by atoms with E-state index in [0.29, 0.717) is 0 Å². The molecule has 3 fully saturated rings. The lowest BCUT2D eigenvalue weighted by Gasteiger charge is -2.51. The molecule has 3 aliphatic rings. The first kappa shape index (κ1) is 13.6. The zero-order valence-corrected chi connectivity index (χ0v) is 13.9. The zero-order valence-electron chi connectivity index (χ0n) is 11.7. The van der Waals surface area contributed by atoms with Crippen LogP contribution < -0.4 is 0 Å². The third-order valence-corrected chi connectivity index (χ3v) is 6.46. The van der Waals surface area contributed by atoms with Crippen LogP contribution in [-0.4, -0.2) is 53.5 Å². The summed E-state index contributed by atoms with van der Waals surface area (Å²) in [6.07, 6.45) is 8.84. The molecule has 18 heavy (non-hydrogen) atoms. The van der Waals surface area contributed by atoms with E-state index in [2.05, 4.69) is 39.4 Å². The molecule has 104 valence electrons. The van der Waals surface area contributed by atoms with Crippen LogP contribution in [0.5, 0.6) is 0 Å². The van der Waals surface area contributed by atoms with Crippen molar-refractivity contribution in [3.63, 3.8) is 0 Å². The number of piperidine rings is 2. The van der Waals surface area contributed by atoms with Crippen LogP contribution in [0, 0.1) is 11.3 Å². The van der Waals surface area contributed by atoms with Crippen molar-refractivity contribution in [2.24, 2.45) is 11.3 Å². The molecule has 0 bridgehead atoms. The maximum absolute atomic E-state index is 2.77. The van der Waals surface area contributed by atoms with Crippen LogP contribution in [0.15, 0.2) is 0 Å². The molecule has 0 amide bonds. The van der Waals surface area contributed by atoms with Gasteiger partial charge in [0.05, 0.1) is 0 Å². The zero-order chi connectivity index (χ0) is 12.6. The molecule has 1 spiro atoms. The van der Waals surface area contributed by atoms with Gasteiger partial charge in [-0.25, -0.2) is 0 Å². The largest absolute Gasteiger partial charge is 0.306 e. The van der Waals surface area contributed by atoms with Crippen LogP contribution in [0.3, 0.4) is 0 Å². The van der Waals surface area contributed by atoms with Crippen LogP contribution in [0.2, 0.25) is 0 Å². The van der Waals surface area contributed by atoms with Gasteiger partial charge in [0, 0.05) is 10.5 Å². The normalized spacial score (nSPS) is 31.7. The number of rotatable bonds is 2. The first-order valence-corrected chi connectivity index (χ1v) is 8.95. The predicted octanol–water partition coefficient (Wildman–Crippen LogP) is 3.01. The predicted molar refractivity (Wildman–Crippen MR) is 85.4 cm³/mol. The summed E-state index contributed by atoms with van der Waals surface area (Å²) in [5, 5.41) is 0. The van der Waals surface area contributed by atoms with Gasteiger partial charge in [-0.3, -0.25) is 0 Å². The van der Waals surface area contributed by atoms with Crippen LogP contribution >= 0.6 is 22.6 Å². The van der Waals surface area contributed by atoms with Crippen LogP contribution in [0.4, 0.5) is 0 Å². The fourth-order valence-electron chi connectivity index (χ4n) is 4.11. The summed E-state index contributed by atoms with van der Waals surface area (Å²) in [4.78, 5) is 5.25. The van der Waals surface area contributed by atoms with Gasteiger partial charge in [-0.1, -0.05) is 22.6 Å². The van der Waals surface area contributed by atoms with Gasteiger partial charge < -0.3 is 9.80 Å². The summed E-state index contributed by atoms with van der Waals surface area (Å²) in [6.45, 7) is 6.79. The van der Waals surface area contributed by atoms with Crippen molar-refractivity contribution in [2.45, 2.75) is 42.4 Å². The van der Waals surface area contributed by atoms with Gasteiger partial charge in [0.1, 0.15) is 0 Å². The number of halogens is 1. The fraction of sp³-hybridized carbons (Fsp3) is 1.00. The molecule has 2 heterocycles. The van der Waals surface area contributed by atoms with Crippen molar-refractivity contribution in [2.75, 3.05) is 39.8 Å². The van der Waals surface area contributed by atoms with E-state index in [9.17, 15) is 0 Å².